The zero-order chi connectivity index (χ0) is 19.3. The van der Waals surface area contributed by atoms with Gasteiger partial charge in [0.15, 0.2) is 0 Å². The lowest BCUT2D eigenvalue weighted by Gasteiger charge is -2.30. The van der Waals surface area contributed by atoms with E-state index in [9.17, 15) is 9.59 Å². The Morgan fingerprint density at radius 3 is 2.69 bits per heavy atom. The molecule has 6 nitrogen and oxygen atoms in total. The van der Waals surface area contributed by atoms with E-state index in [0.717, 1.165) is 36.2 Å². The number of carbonyl (C=O) groups excluding carboxylic acids is 2. The molecule has 0 spiro atoms. The maximum atomic E-state index is 13.1. The number of carbonyl (C=O) groups is 2. The van der Waals surface area contributed by atoms with Crippen LogP contribution in [0, 0.1) is 25.2 Å². The van der Waals surface area contributed by atoms with E-state index < -0.39 is 0 Å². The van der Waals surface area contributed by atoms with Crippen LogP contribution in [0.3, 0.4) is 0 Å². The number of likely N-dealkylation sites (N-methyl/N-ethyl adjacent to an activating group) is 1. The Bertz CT molecular complexity index is 708. The van der Waals surface area contributed by atoms with Crippen molar-refractivity contribution in [2.75, 3.05) is 38.6 Å². The van der Waals surface area contributed by atoms with Gasteiger partial charge in [-0.15, -0.1) is 0 Å². The Balaban J connectivity index is 2.20. The molecule has 2 rings (SSSR count). The zero-order valence-corrected chi connectivity index (χ0v) is 16.2. The molecular weight excluding hydrogens is 328 g/mol. The van der Waals surface area contributed by atoms with Gasteiger partial charge in [0.05, 0.1) is 25.1 Å². The minimum absolute atomic E-state index is 0.0469. The van der Waals surface area contributed by atoms with E-state index in [-0.39, 0.29) is 30.8 Å². The number of aryl methyl sites for hydroxylation is 1. The summed E-state index contributed by atoms with van der Waals surface area (Å²) < 4.78 is 0. The third-order valence-electron chi connectivity index (χ3n) is 5.04. The molecule has 26 heavy (non-hydrogen) atoms. The number of amides is 2. The second kappa shape index (κ2) is 8.81. The van der Waals surface area contributed by atoms with Crippen molar-refractivity contribution in [3.63, 3.8) is 0 Å². The highest BCUT2D eigenvalue weighted by molar-refractivity contribution is 5.96. The molecule has 0 aromatic heterocycles. The van der Waals surface area contributed by atoms with E-state index in [4.69, 9.17) is 5.26 Å². The van der Waals surface area contributed by atoms with Gasteiger partial charge in [-0.25, -0.2) is 0 Å². The number of nitriles is 1. The van der Waals surface area contributed by atoms with Crippen molar-refractivity contribution in [2.45, 2.75) is 39.2 Å². The van der Waals surface area contributed by atoms with Crippen LogP contribution >= 0.6 is 0 Å². The predicted octanol–water partition coefficient (Wildman–Crippen LogP) is 2.10. The van der Waals surface area contributed by atoms with E-state index in [1.165, 1.54) is 0 Å². The second-order valence-electron chi connectivity index (χ2n) is 7.03. The van der Waals surface area contributed by atoms with Crippen molar-refractivity contribution in [1.82, 2.24) is 9.80 Å². The monoisotopic (exact) mass is 356 g/mol. The Hall–Kier alpha value is -2.39. The van der Waals surface area contributed by atoms with Gasteiger partial charge >= 0.3 is 0 Å². The van der Waals surface area contributed by atoms with E-state index in [2.05, 4.69) is 6.07 Å². The molecule has 0 N–H and O–H groups in total. The van der Waals surface area contributed by atoms with Gasteiger partial charge in [-0.3, -0.25) is 14.5 Å². The molecular formula is C20H28N4O2. The Morgan fingerprint density at radius 2 is 2.04 bits per heavy atom. The summed E-state index contributed by atoms with van der Waals surface area (Å²) in [4.78, 5) is 30.7. The highest BCUT2D eigenvalue weighted by Crippen LogP contribution is 2.25. The summed E-state index contributed by atoms with van der Waals surface area (Å²) in [6, 6.07) is 7.75. The zero-order valence-electron chi connectivity index (χ0n) is 16.2. The average molecular weight is 356 g/mol. The molecule has 6 heteroatoms. The number of nitrogens with zero attached hydrogens (tertiary/aromatic N) is 4. The van der Waals surface area contributed by atoms with Crippen molar-refractivity contribution in [3.8, 4) is 6.07 Å². The fourth-order valence-corrected chi connectivity index (χ4v) is 3.42. The fraction of sp³-hybridized carbons (Fsp3) is 0.550. The highest BCUT2D eigenvalue weighted by Gasteiger charge is 2.34. The van der Waals surface area contributed by atoms with Gasteiger partial charge in [0.2, 0.25) is 11.8 Å². The van der Waals surface area contributed by atoms with Gasteiger partial charge < -0.3 is 9.80 Å². The van der Waals surface area contributed by atoms with Gasteiger partial charge in [0.1, 0.15) is 0 Å². The van der Waals surface area contributed by atoms with E-state index in [1.54, 1.807) is 23.9 Å². The van der Waals surface area contributed by atoms with Crippen molar-refractivity contribution in [3.05, 3.63) is 29.3 Å². The summed E-state index contributed by atoms with van der Waals surface area (Å²) in [5, 5.41) is 8.98. The SMILES string of the molecule is Cc1cccc(N(CCC#N)C(=O)CN2CCCC2C(=O)N(C)C)c1C. The molecule has 0 aliphatic carbocycles. The maximum absolute atomic E-state index is 13.1. The van der Waals surface area contributed by atoms with Crippen LogP contribution in [0.15, 0.2) is 18.2 Å². The van der Waals surface area contributed by atoms with E-state index in [1.807, 2.05) is 36.9 Å². The summed E-state index contributed by atoms with van der Waals surface area (Å²) in [6.07, 6.45) is 1.98. The first-order valence-corrected chi connectivity index (χ1v) is 9.05. The topological polar surface area (TPSA) is 67.6 Å². The van der Waals surface area contributed by atoms with Crippen LogP contribution in [0.4, 0.5) is 5.69 Å². The Kier molecular flexibility index (Phi) is 6.76. The normalized spacial score (nSPS) is 17.0. The van der Waals surface area contributed by atoms with Crippen LogP contribution in [-0.4, -0.2) is 61.4 Å². The Morgan fingerprint density at radius 1 is 1.31 bits per heavy atom. The third kappa shape index (κ3) is 4.41. The molecule has 1 fully saturated rings. The summed E-state index contributed by atoms with van der Waals surface area (Å²) in [5.41, 5.74) is 3.00. The number of likely N-dealkylation sites (tertiary alicyclic amines) is 1. The van der Waals surface area contributed by atoms with E-state index in [0.29, 0.717) is 6.54 Å². The second-order valence-corrected chi connectivity index (χ2v) is 7.03. The molecule has 1 aromatic rings. The third-order valence-corrected chi connectivity index (χ3v) is 5.04. The summed E-state index contributed by atoms with van der Waals surface area (Å²) >= 11 is 0. The number of benzene rings is 1. The largest absolute Gasteiger partial charge is 0.347 e. The molecule has 0 radical (unpaired) electrons. The fourth-order valence-electron chi connectivity index (χ4n) is 3.42. The van der Waals surface area contributed by atoms with Gasteiger partial charge in [0, 0.05) is 26.3 Å². The van der Waals surface area contributed by atoms with Crippen LogP contribution < -0.4 is 4.90 Å². The van der Waals surface area contributed by atoms with Crippen molar-refractivity contribution in [1.29, 1.82) is 5.26 Å². The minimum Gasteiger partial charge on any atom is -0.347 e. The van der Waals surface area contributed by atoms with Crippen LogP contribution in [0.5, 0.6) is 0 Å². The van der Waals surface area contributed by atoms with Crippen molar-refractivity contribution >= 4 is 17.5 Å². The molecule has 1 heterocycles. The number of hydrogen-bond donors (Lipinski definition) is 0. The van der Waals surface area contributed by atoms with Gasteiger partial charge in [0.25, 0.3) is 0 Å². The number of rotatable bonds is 6. The predicted molar refractivity (Wildman–Crippen MR) is 102 cm³/mol. The molecule has 0 bridgehead atoms. The van der Waals surface area contributed by atoms with E-state index >= 15 is 0 Å². The summed E-state index contributed by atoms with van der Waals surface area (Å²) in [5.74, 6) is -0.0157. The summed E-state index contributed by atoms with van der Waals surface area (Å²) in [6.45, 7) is 5.31. The molecule has 1 atom stereocenters. The molecule has 1 aliphatic rings. The van der Waals surface area contributed by atoms with Crippen molar-refractivity contribution < 1.29 is 9.59 Å². The van der Waals surface area contributed by atoms with Gasteiger partial charge in [-0.2, -0.15) is 5.26 Å². The highest BCUT2D eigenvalue weighted by atomic mass is 16.2. The first-order valence-electron chi connectivity index (χ1n) is 9.05. The summed E-state index contributed by atoms with van der Waals surface area (Å²) in [7, 11) is 3.49. The Labute approximate surface area is 156 Å². The van der Waals surface area contributed by atoms with Crippen LogP contribution in [0.2, 0.25) is 0 Å². The first-order chi connectivity index (χ1) is 12.4. The molecule has 1 saturated heterocycles. The van der Waals surface area contributed by atoms with Crippen LogP contribution in [-0.2, 0) is 9.59 Å². The lowest BCUT2D eigenvalue weighted by molar-refractivity contribution is -0.134. The lowest BCUT2D eigenvalue weighted by Crippen LogP contribution is -2.48. The van der Waals surface area contributed by atoms with Gasteiger partial charge in [-0.1, -0.05) is 12.1 Å². The number of anilines is 1. The molecule has 2 amide bonds. The molecule has 0 saturated carbocycles. The average Bonchev–Trinajstić information content (AvgIpc) is 3.05. The maximum Gasteiger partial charge on any atom is 0.241 e. The quantitative estimate of drug-likeness (QED) is 0.783. The standard InChI is InChI=1S/C20H28N4O2/c1-15-8-5-9-17(16(15)2)24(13-7-11-21)19(25)14-23-12-6-10-18(23)20(26)22(3)4/h5,8-9,18H,6-7,10,12-14H2,1-4H3. The molecule has 1 aliphatic heterocycles. The first kappa shape index (κ1) is 19.9. The smallest absolute Gasteiger partial charge is 0.241 e. The molecule has 1 unspecified atom stereocenters. The van der Waals surface area contributed by atoms with Crippen LogP contribution in [0.25, 0.3) is 0 Å². The van der Waals surface area contributed by atoms with Crippen LogP contribution in [0.1, 0.15) is 30.4 Å². The lowest BCUT2D eigenvalue weighted by atomic mass is 10.1. The van der Waals surface area contributed by atoms with Crippen molar-refractivity contribution in [2.24, 2.45) is 0 Å². The van der Waals surface area contributed by atoms with Gasteiger partial charge in [-0.05, 0) is 50.4 Å². The molecule has 1 aromatic carbocycles. The minimum atomic E-state index is -0.231. The number of hydrogen-bond acceptors (Lipinski definition) is 4. The molecule has 140 valence electrons.